The third kappa shape index (κ3) is 5.41. The fourth-order valence-corrected chi connectivity index (χ4v) is 3.22. The number of rotatable bonds is 7. The topological polar surface area (TPSA) is 53.3 Å². The minimum atomic E-state index is -0.713. The van der Waals surface area contributed by atoms with Gasteiger partial charge in [0.15, 0.2) is 0 Å². The summed E-state index contributed by atoms with van der Waals surface area (Å²) in [5, 5.41) is 18.2. The lowest BCUT2D eigenvalue weighted by atomic mass is 9.96. The summed E-state index contributed by atoms with van der Waals surface area (Å²) < 4.78 is 2.13. The zero-order valence-electron chi connectivity index (χ0n) is 13.7. The number of likely N-dealkylation sites (N-methyl/N-ethyl adjacent to an activating group) is 1. The Hall–Kier alpha value is -0.910. The molecule has 1 fully saturated rings. The predicted octanol–water partition coefficient (Wildman–Crippen LogP) is 1.79. The van der Waals surface area contributed by atoms with Crippen molar-refractivity contribution in [2.75, 3.05) is 27.2 Å². The van der Waals surface area contributed by atoms with Crippen LogP contribution < -0.4 is 5.32 Å². The second-order valence-electron chi connectivity index (χ2n) is 6.92. The van der Waals surface area contributed by atoms with Gasteiger partial charge in [0.2, 0.25) is 0 Å². The molecular formula is C16H30N4O. The molecule has 0 aliphatic heterocycles. The average molecular weight is 294 g/mol. The van der Waals surface area contributed by atoms with Crippen LogP contribution in [0.2, 0.25) is 0 Å². The SMILES string of the molecule is CN(C)CC(C)(O)CNCc1ccn(C2CCCCC2)n1. The molecule has 21 heavy (non-hydrogen) atoms. The Morgan fingerprint density at radius 3 is 2.76 bits per heavy atom. The quantitative estimate of drug-likeness (QED) is 0.805. The number of aromatic nitrogens is 2. The van der Waals surface area contributed by atoms with E-state index in [1.165, 1.54) is 32.1 Å². The van der Waals surface area contributed by atoms with E-state index in [9.17, 15) is 5.11 Å². The lowest BCUT2D eigenvalue weighted by molar-refractivity contribution is 0.0335. The van der Waals surface area contributed by atoms with Gasteiger partial charge in [-0.05, 0) is 39.9 Å². The molecule has 0 bridgehead atoms. The normalized spacial score (nSPS) is 19.9. The highest BCUT2D eigenvalue weighted by molar-refractivity contribution is 5.00. The van der Waals surface area contributed by atoms with Crippen molar-refractivity contribution in [3.63, 3.8) is 0 Å². The molecule has 1 aromatic heterocycles. The highest BCUT2D eigenvalue weighted by Crippen LogP contribution is 2.27. The number of hydrogen-bond acceptors (Lipinski definition) is 4. The first-order chi connectivity index (χ1) is 9.96. The van der Waals surface area contributed by atoms with Crippen LogP contribution >= 0.6 is 0 Å². The molecule has 5 heteroatoms. The number of aliphatic hydroxyl groups is 1. The van der Waals surface area contributed by atoms with E-state index in [2.05, 4.69) is 27.4 Å². The van der Waals surface area contributed by atoms with Gasteiger partial charge in [-0.15, -0.1) is 0 Å². The van der Waals surface area contributed by atoms with Crippen LogP contribution in [0, 0.1) is 0 Å². The summed E-state index contributed by atoms with van der Waals surface area (Å²) in [5.41, 5.74) is 0.344. The van der Waals surface area contributed by atoms with E-state index in [1.807, 2.05) is 25.9 Å². The van der Waals surface area contributed by atoms with Crippen LogP contribution in [0.3, 0.4) is 0 Å². The Balaban J connectivity index is 1.77. The van der Waals surface area contributed by atoms with Crippen molar-refractivity contribution < 1.29 is 5.11 Å². The molecule has 2 rings (SSSR count). The van der Waals surface area contributed by atoms with E-state index >= 15 is 0 Å². The van der Waals surface area contributed by atoms with Crippen molar-refractivity contribution in [3.05, 3.63) is 18.0 Å². The van der Waals surface area contributed by atoms with Crippen LogP contribution in [0.15, 0.2) is 12.3 Å². The fourth-order valence-electron chi connectivity index (χ4n) is 3.22. The summed E-state index contributed by atoms with van der Waals surface area (Å²) in [6, 6.07) is 2.67. The fraction of sp³-hybridized carbons (Fsp3) is 0.812. The molecule has 0 radical (unpaired) electrons. The molecule has 1 heterocycles. The maximum Gasteiger partial charge on any atom is 0.0869 e. The molecule has 0 spiro atoms. The second kappa shape index (κ2) is 7.38. The van der Waals surface area contributed by atoms with Gasteiger partial charge in [-0.2, -0.15) is 5.10 Å². The molecule has 1 aromatic rings. The summed E-state index contributed by atoms with van der Waals surface area (Å²) >= 11 is 0. The van der Waals surface area contributed by atoms with Crippen molar-refractivity contribution >= 4 is 0 Å². The molecule has 1 saturated carbocycles. The maximum atomic E-state index is 10.2. The van der Waals surface area contributed by atoms with Crippen LogP contribution in [-0.4, -0.2) is 52.6 Å². The highest BCUT2D eigenvalue weighted by atomic mass is 16.3. The number of nitrogens with zero attached hydrogens (tertiary/aromatic N) is 3. The van der Waals surface area contributed by atoms with Crippen molar-refractivity contribution in [2.24, 2.45) is 0 Å². The zero-order chi connectivity index (χ0) is 15.3. The first-order valence-electron chi connectivity index (χ1n) is 8.08. The minimum Gasteiger partial charge on any atom is -0.388 e. The van der Waals surface area contributed by atoms with Gasteiger partial charge in [0.05, 0.1) is 17.3 Å². The van der Waals surface area contributed by atoms with Crippen LogP contribution in [0.1, 0.15) is 50.8 Å². The summed E-state index contributed by atoms with van der Waals surface area (Å²) in [4.78, 5) is 2.00. The van der Waals surface area contributed by atoms with Gasteiger partial charge in [0.25, 0.3) is 0 Å². The van der Waals surface area contributed by atoms with E-state index in [0.717, 1.165) is 5.69 Å². The van der Waals surface area contributed by atoms with Gasteiger partial charge < -0.3 is 15.3 Å². The lowest BCUT2D eigenvalue weighted by Gasteiger charge is -2.27. The second-order valence-corrected chi connectivity index (χ2v) is 6.92. The van der Waals surface area contributed by atoms with Gasteiger partial charge in [0.1, 0.15) is 0 Å². The van der Waals surface area contributed by atoms with Crippen LogP contribution in [0.25, 0.3) is 0 Å². The lowest BCUT2D eigenvalue weighted by Crippen LogP contribution is -2.45. The van der Waals surface area contributed by atoms with Gasteiger partial charge in [-0.3, -0.25) is 4.68 Å². The molecule has 1 unspecified atom stereocenters. The minimum absolute atomic E-state index is 0.571. The van der Waals surface area contributed by atoms with Gasteiger partial charge in [0, 0.05) is 25.8 Å². The molecule has 5 nitrogen and oxygen atoms in total. The predicted molar refractivity (Wildman–Crippen MR) is 85.2 cm³/mol. The Kier molecular flexibility index (Phi) is 5.79. The van der Waals surface area contributed by atoms with E-state index in [4.69, 9.17) is 0 Å². The Morgan fingerprint density at radius 2 is 2.10 bits per heavy atom. The number of hydrogen-bond donors (Lipinski definition) is 2. The molecule has 0 amide bonds. The van der Waals surface area contributed by atoms with Gasteiger partial charge in [-0.25, -0.2) is 0 Å². The molecule has 1 aliphatic carbocycles. The summed E-state index contributed by atoms with van der Waals surface area (Å²) in [6.07, 6.45) is 8.63. The van der Waals surface area contributed by atoms with Crippen molar-refractivity contribution in [1.29, 1.82) is 0 Å². The molecule has 120 valence electrons. The zero-order valence-corrected chi connectivity index (χ0v) is 13.7. The Morgan fingerprint density at radius 1 is 1.38 bits per heavy atom. The third-order valence-corrected chi connectivity index (χ3v) is 4.08. The molecule has 0 aromatic carbocycles. The largest absolute Gasteiger partial charge is 0.388 e. The monoisotopic (exact) mass is 294 g/mol. The first kappa shape index (κ1) is 16.5. The van der Waals surface area contributed by atoms with E-state index in [-0.39, 0.29) is 0 Å². The standard InChI is InChI=1S/C16H30N4O/c1-16(21,13-19(2)3)12-17-11-14-9-10-20(18-14)15-7-5-4-6-8-15/h9-10,15,17,21H,4-8,11-13H2,1-3H3. The number of nitrogens with one attached hydrogen (secondary N) is 1. The highest BCUT2D eigenvalue weighted by Gasteiger charge is 2.21. The average Bonchev–Trinajstić information content (AvgIpc) is 2.87. The van der Waals surface area contributed by atoms with Crippen molar-refractivity contribution in [3.8, 4) is 0 Å². The van der Waals surface area contributed by atoms with Gasteiger partial charge >= 0.3 is 0 Å². The van der Waals surface area contributed by atoms with Crippen LogP contribution in [0.4, 0.5) is 0 Å². The van der Waals surface area contributed by atoms with Crippen molar-refractivity contribution in [1.82, 2.24) is 20.0 Å². The first-order valence-corrected chi connectivity index (χ1v) is 8.08. The summed E-state index contributed by atoms with van der Waals surface area (Å²) in [5.74, 6) is 0. The smallest absolute Gasteiger partial charge is 0.0869 e. The summed E-state index contributed by atoms with van der Waals surface area (Å²) in [7, 11) is 3.95. The molecule has 0 saturated heterocycles. The molecule has 2 N–H and O–H groups in total. The Bertz CT molecular complexity index is 422. The van der Waals surface area contributed by atoms with Gasteiger partial charge in [-0.1, -0.05) is 19.3 Å². The van der Waals surface area contributed by atoms with Crippen LogP contribution in [0.5, 0.6) is 0 Å². The Labute approximate surface area is 128 Å². The third-order valence-electron chi connectivity index (χ3n) is 4.08. The molecular weight excluding hydrogens is 264 g/mol. The molecule has 1 atom stereocenters. The van der Waals surface area contributed by atoms with Crippen molar-refractivity contribution in [2.45, 2.75) is 57.2 Å². The summed E-state index contributed by atoms with van der Waals surface area (Å²) in [6.45, 7) is 3.79. The maximum absolute atomic E-state index is 10.2. The molecule has 1 aliphatic rings. The van der Waals surface area contributed by atoms with E-state index in [1.54, 1.807) is 0 Å². The van der Waals surface area contributed by atoms with Crippen LogP contribution in [-0.2, 0) is 6.54 Å². The van der Waals surface area contributed by atoms with E-state index < -0.39 is 5.60 Å². The van der Waals surface area contributed by atoms with E-state index in [0.29, 0.717) is 25.7 Å².